The zero-order valence-corrected chi connectivity index (χ0v) is 17.0. The maximum Gasteiger partial charge on any atom is 0.254 e. The van der Waals surface area contributed by atoms with Crippen LogP contribution in [0.25, 0.3) is 0 Å². The van der Waals surface area contributed by atoms with Crippen molar-refractivity contribution < 1.29 is 4.79 Å². The molecule has 5 heteroatoms. The van der Waals surface area contributed by atoms with E-state index in [1.54, 1.807) is 4.90 Å². The van der Waals surface area contributed by atoms with Crippen molar-refractivity contribution in [3.63, 3.8) is 0 Å². The van der Waals surface area contributed by atoms with Gasteiger partial charge in [-0.25, -0.2) is 4.99 Å². The van der Waals surface area contributed by atoms with E-state index in [0.717, 1.165) is 33.8 Å². The fraction of sp³-hybridized carbons (Fsp3) is 0.333. The first-order chi connectivity index (χ1) is 12.3. The maximum absolute atomic E-state index is 12.9. The molecule has 0 bridgehead atoms. The van der Waals surface area contributed by atoms with Crippen LogP contribution in [0.1, 0.15) is 34.0 Å². The van der Waals surface area contributed by atoms with Crippen LogP contribution < -0.4 is 0 Å². The number of nitrogens with zero attached hydrogens (tertiary/aromatic N) is 3. The second-order valence-electron chi connectivity index (χ2n) is 6.56. The van der Waals surface area contributed by atoms with Crippen LogP contribution in [0.3, 0.4) is 0 Å². The zero-order valence-electron chi connectivity index (χ0n) is 16.2. The summed E-state index contributed by atoms with van der Waals surface area (Å²) >= 11 is 4.47. The average molecular weight is 370 g/mol. The van der Waals surface area contributed by atoms with Crippen LogP contribution in [-0.4, -0.2) is 42.7 Å². The largest absolute Gasteiger partial charge is 0.366 e. The fourth-order valence-corrected chi connectivity index (χ4v) is 2.82. The monoisotopic (exact) mass is 369 g/mol. The van der Waals surface area contributed by atoms with E-state index in [1.807, 2.05) is 75.6 Å². The summed E-state index contributed by atoms with van der Waals surface area (Å²) in [7, 11) is 3.80. The average Bonchev–Trinajstić information content (AvgIpc) is 2.62. The van der Waals surface area contributed by atoms with Crippen molar-refractivity contribution in [2.24, 2.45) is 4.99 Å². The lowest BCUT2D eigenvalue weighted by Crippen LogP contribution is -2.27. The molecule has 0 aliphatic carbocycles. The molecule has 2 aromatic rings. The first kappa shape index (κ1) is 20.0. The van der Waals surface area contributed by atoms with Crippen LogP contribution in [0.4, 0.5) is 5.69 Å². The number of carbonyl (C=O) groups is 1. The van der Waals surface area contributed by atoms with Crippen LogP contribution in [0, 0.1) is 13.8 Å². The minimum atomic E-state index is 0.00314. The van der Waals surface area contributed by atoms with Gasteiger partial charge in [0.15, 0.2) is 0 Å². The molecular weight excluding hydrogens is 342 g/mol. The molecule has 2 aromatic carbocycles. The van der Waals surface area contributed by atoms with Crippen molar-refractivity contribution in [1.82, 2.24) is 9.80 Å². The number of amides is 1. The van der Waals surface area contributed by atoms with Crippen molar-refractivity contribution in [3.05, 3.63) is 58.7 Å². The standard InChI is InChI=1S/C21H27N3OS/c1-6-23(4)14-22-19-12-15(2)18(11-16(19)3)21(25)24(5)13-17-9-7-8-10-20(17)26/h7-12,14,26H,6,13H2,1-5H3. The number of aryl methyl sites for hydroxylation is 2. The van der Waals surface area contributed by atoms with Crippen molar-refractivity contribution in [2.75, 3.05) is 20.6 Å². The summed E-state index contributed by atoms with van der Waals surface area (Å²) in [5.41, 5.74) is 4.55. The molecule has 0 aliphatic rings. The predicted molar refractivity (Wildman–Crippen MR) is 112 cm³/mol. The van der Waals surface area contributed by atoms with Crippen molar-refractivity contribution >= 4 is 30.6 Å². The smallest absolute Gasteiger partial charge is 0.254 e. The van der Waals surface area contributed by atoms with Gasteiger partial charge in [0, 0.05) is 37.6 Å². The van der Waals surface area contributed by atoms with Crippen molar-refractivity contribution in [1.29, 1.82) is 0 Å². The Balaban J connectivity index is 2.22. The topological polar surface area (TPSA) is 35.9 Å². The van der Waals surface area contributed by atoms with Gasteiger partial charge in [0.2, 0.25) is 0 Å². The van der Waals surface area contributed by atoms with Crippen LogP contribution in [0.5, 0.6) is 0 Å². The quantitative estimate of drug-likeness (QED) is 0.463. The molecule has 0 aromatic heterocycles. The van der Waals surface area contributed by atoms with Gasteiger partial charge < -0.3 is 9.80 Å². The van der Waals surface area contributed by atoms with E-state index in [-0.39, 0.29) is 5.91 Å². The van der Waals surface area contributed by atoms with Gasteiger partial charge in [0.05, 0.1) is 12.0 Å². The molecule has 0 unspecified atom stereocenters. The highest BCUT2D eigenvalue weighted by Gasteiger charge is 2.16. The zero-order chi connectivity index (χ0) is 19.3. The van der Waals surface area contributed by atoms with E-state index in [4.69, 9.17) is 0 Å². The number of hydrogen-bond acceptors (Lipinski definition) is 3. The summed E-state index contributed by atoms with van der Waals surface area (Å²) in [6, 6.07) is 11.7. The predicted octanol–water partition coefficient (Wildman–Crippen LogP) is 4.48. The molecule has 2 rings (SSSR count). The number of aliphatic imine (C=N–C) groups is 1. The Morgan fingerprint density at radius 3 is 2.50 bits per heavy atom. The number of rotatable bonds is 6. The van der Waals surface area contributed by atoms with Gasteiger partial charge in [-0.15, -0.1) is 12.6 Å². The molecule has 0 radical (unpaired) electrons. The molecule has 0 heterocycles. The number of hydrogen-bond donors (Lipinski definition) is 1. The molecule has 4 nitrogen and oxygen atoms in total. The van der Waals surface area contributed by atoms with E-state index in [9.17, 15) is 4.79 Å². The summed E-state index contributed by atoms with van der Waals surface area (Å²) in [6.07, 6.45) is 1.82. The molecule has 0 saturated carbocycles. The van der Waals surface area contributed by atoms with Gasteiger partial charge >= 0.3 is 0 Å². The lowest BCUT2D eigenvalue weighted by Gasteiger charge is -2.20. The minimum Gasteiger partial charge on any atom is -0.366 e. The Hall–Kier alpha value is -2.27. The van der Waals surface area contributed by atoms with E-state index >= 15 is 0 Å². The highest BCUT2D eigenvalue weighted by molar-refractivity contribution is 7.80. The van der Waals surface area contributed by atoms with Crippen LogP contribution in [0.2, 0.25) is 0 Å². The number of carbonyl (C=O) groups excluding carboxylic acids is 1. The lowest BCUT2D eigenvalue weighted by atomic mass is 10.0. The highest BCUT2D eigenvalue weighted by atomic mass is 32.1. The van der Waals surface area contributed by atoms with E-state index in [2.05, 4.69) is 24.5 Å². The molecular formula is C21H27N3OS. The summed E-state index contributed by atoms with van der Waals surface area (Å²) < 4.78 is 0. The molecule has 0 aliphatic heterocycles. The number of thiol groups is 1. The van der Waals surface area contributed by atoms with Crippen LogP contribution in [0.15, 0.2) is 46.3 Å². The van der Waals surface area contributed by atoms with E-state index < -0.39 is 0 Å². The van der Waals surface area contributed by atoms with E-state index in [0.29, 0.717) is 12.1 Å². The van der Waals surface area contributed by atoms with Gasteiger partial charge in [0.25, 0.3) is 5.91 Å². The van der Waals surface area contributed by atoms with Crippen LogP contribution in [-0.2, 0) is 6.54 Å². The third-order valence-corrected chi connectivity index (χ3v) is 4.85. The Morgan fingerprint density at radius 2 is 1.85 bits per heavy atom. The minimum absolute atomic E-state index is 0.00314. The molecule has 0 atom stereocenters. The maximum atomic E-state index is 12.9. The molecule has 1 amide bonds. The second-order valence-corrected chi connectivity index (χ2v) is 7.04. The Labute approximate surface area is 162 Å². The Kier molecular flexibility index (Phi) is 6.86. The van der Waals surface area contributed by atoms with Crippen molar-refractivity contribution in [2.45, 2.75) is 32.2 Å². The fourth-order valence-electron chi connectivity index (χ4n) is 2.59. The molecule has 0 fully saturated rings. The van der Waals surface area contributed by atoms with Crippen molar-refractivity contribution in [3.8, 4) is 0 Å². The Morgan fingerprint density at radius 1 is 1.15 bits per heavy atom. The Bertz CT molecular complexity index is 817. The first-order valence-electron chi connectivity index (χ1n) is 8.71. The van der Waals surface area contributed by atoms with Gasteiger partial charge in [0.1, 0.15) is 0 Å². The summed E-state index contributed by atoms with van der Waals surface area (Å²) in [4.78, 5) is 22.1. The molecule has 138 valence electrons. The van der Waals surface area contributed by atoms with Crippen LogP contribution >= 0.6 is 12.6 Å². The molecule has 0 saturated heterocycles. The summed E-state index contributed by atoms with van der Waals surface area (Å²) in [6.45, 7) is 7.44. The third kappa shape index (κ3) is 4.88. The first-order valence-corrected chi connectivity index (χ1v) is 9.16. The lowest BCUT2D eigenvalue weighted by molar-refractivity contribution is 0.0783. The van der Waals surface area contributed by atoms with E-state index in [1.165, 1.54) is 0 Å². The molecule has 26 heavy (non-hydrogen) atoms. The molecule has 0 spiro atoms. The number of benzene rings is 2. The summed E-state index contributed by atoms with van der Waals surface area (Å²) in [5.74, 6) is 0.00314. The SMILES string of the molecule is CCN(C)C=Nc1cc(C)c(C(=O)N(C)Cc2ccccc2S)cc1C. The van der Waals surface area contributed by atoms with Gasteiger partial charge in [-0.3, -0.25) is 4.79 Å². The molecule has 0 N–H and O–H groups in total. The normalized spacial score (nSPS) is 11.0. The van der Waals surface area contributed by atoms with Gasteiger partial charge in [-0.05, 0) is 55.7 Å². The summed E-state index contributed by atoms with van der Waals surface area (Å²) in [5, 5.41) is 0. The van der Waals surface area contributed by atoms with Gasteiger partial charge in [-0.1, -0.05) is 18.2 Å². The third-order valence-electron chi connectivity index (χ3n) is 4.41. The second kappa shape index (κ2) is 8.90. The van der Waals surface area contributed by atoms with Gasteiger partial charge in [-0.2, -0.15) is 0 Å². The highest BCUT2D eigenvalue weighted by Crippen LogP contribution is 2.25.